The third kappa shape index (κ3) is 2.55. The number of aromatic nitrogens is 2. The van der Waals surface area contributed by atoms with Gasteiger partial charge in [0.25, 0.3) is 0 Å². The lowest BCUT2D eigenvalue weighted by Crippen LogP contribution is -1.97. The highest BCUT2D eigenvalue weighted by Gasteiger charge is 2.03. The van der Waals surface area contributed by atoms with E-state index in [1.54, 1.807) is 24.3 Å². The average molecular weight is 276 g/mol. The third-order valence-corrected chi connectivity index (χ3v) is 3.16. The maximum atomic E-state index is 11.1. The number of rotatable bonds is 3. The van der Waals surface area contributed by atoms with Gasteiger partial charge in [-0.25, -0.2) is 9.89 Å². The molecule has 0 bridgehead atoms. The van der Waals surface area contributed by atoms with Crippen LogP contribution < -0.4 is 15.2 Å². The number of nitrogens with zero attached hydrogens (tertiary/aromatic N) is 1. The molecule has 0 fully saturated rings. The summed E-state index contributed by atoms with van der Waals surface area (Å²) in [5.41, 5.74) is 0.0513. The predicted molar refractivity (Wildman–Crippen MR) is 69.6 cm³/mol. The van der Waals surface area contributed by atoms with Crippen LogP contribution in [-0.2, 0) is 6.61 Å². The summed E-state index contributed by atoms with van der Waals surface area (Å²) in [6.07, 6.45) is 0. The summed E-state index contributed by atoms with van der Waals surface area (Å²) in [6, 6.07) is 8.24. The Kier molecular flexibility index (Phi) is 2.88. The molecule has 7 heteroatoms. The van der Waals surface area contributed by atoms with Gasteiger partial charge in [-0.3, -0.25) is 4.79 Å². The van der Waals surface area contributed by atoms with Crippen LogP contribution in [0.15, 0.2) is 44.3 Å². The van der Waals surface area contributed by atoms with Gasteiger partial charge in [-0.05, 0) is 18.2 Å². The summed E-state index contributed by atoms with van der Waals surface area (Å²) in [6.45, 7) is 0.186. The van der Waals surface area contributed by atoms with E-state index in [2.05, 4.69) is 10.2 Å². The first kappa shape index (κ1) is 11.7. The summed E-state index contributed by atoms with van der Waals surface area (Å²) in [4.78, 5) is 21.8. The summed E-state index contributed by atoms with van der Waals surface area (Å²) < 4.78 is 10.5. The molecule has 0 aliphatic rings. The van der Waals surface area contributed by atoms with E-state index >= 15 is 0 Å². The number of fused-ring (bicyclic) bond motifs is 1. The molecule has 0 aliphatic heterocycles. The summed E-state index contributed by atoms with van der Waals surface area (Å²) in [7, 11) is 0. The van der Waals surface area contributed by atoms with Gasteiger partial charge in [0.1, 0.15) is 17.9 Å². The number of hydrogen-bond donors (Lipinski definition) is 1. The zero-order chi connectivity index (χ0) is 13.2. The van der Waals surface area contributed by atoms with Gasteiger partial charge in [0, 0.05) is 17.5 Å². The Hall–Kier alpha value is -2.41. The van der Waals surface area contributed by atoms with Crippen molar-refractivity contribution >= 4 is 22.3 Å². The first-order valence-electron chi connectivity index (χ1n) is 5.42. The molecular formula is C12H8N2O4S. The van der Waals surface area contributed by atoms with Crippen LogP contribution in [0.3, 0.4) is 0 Å². The third-order valence-electron chi connectivity index (χ3n) is 2.44. The van der Waals surface area contributed by atoms with Crippen LogP contribution in [0.1, 0.15) is 5.01 Å². The number of ether oxygens (including phenoxy) is 1. The molecule has 0 aliphatic carbocycles. The van der Waals surface area contributed by atoms with Crippen molar-refractivity contribution in [1.82, 2.24) is 10.2 Å². The molecule has 19 heavy (non-hydrogen) atoms. The normalized spacial score (nSPS) is 10.7. The monoisotopic (exact) mass is 276 g/mol. The van der Waals surface area contributed by atoms with E-state index < -0.39 is 5.63 Å². The van der Waals surface area contributed by atoms with Crippen molar-refractivity contribution in [3.63, 3.8) is 0 Å². The highest BCUT2D eigenvalue weighted by molar-refractivity contribution is 7.08. The van der Waals surface area contributed by atoms with Gasteiger partial charge >= 0.3 is 10.5 Å². The maximum Gasteiger partial charge on any atom is 0.336 e. The second kappa shape index (κ2) is 4.69. The number of nitrogens with one attached hydrogen (secondary N) is 1. The Bertz CT molecular complexity index is 833. The van der Waals surface area contributed by atoms with Gasteiger partial charge in [-0.1, -0.05) is 11.3 Å². The topological polar surface area (TPSA) is 85.2 Å². The lowest BCUT2D eigenvalue weighted by molar-refractivity contribution is 0.304. The van der Waals surface area contributed by atoms with Crippen LogP contribution in [0.4, 0.5) is 0 Å². The molecule has 0 spiro atoms. The van der Waals surface area contributed by atoms with Crippen molar-refractivity contribution in [2.24, 2.45) is 0 Å². The predicted octanol–water partition coefficient (Wildman–Crippen LogP) is 1.52. The Morgan fingerprint density at radius 2 is 2.11 bits per heavy atom. The molecule has 0 saturated carbocycles. The van der Waals surface area contributed by atoms with Crippen LogP contribution in [0.25, 0.3) is 11.0 Å². The lowest BCUT2D eigenvalue weighted by atomic mass is 10.2. The zero-order valence-electron chi connectivity index (χ0n) is 9.58. The molecule has 3 rings (SSSR count). The van der Waals surface area contributed by atoms with Gasteiger partial charge in [-0.2, -0.15) is 5.10 Å². The fourth-order valence-electron chi connectivity index (χ4n) is 1.60. The molecule has 0 amide bonds. The van der Waals surface area contributed by atoms with Crippen LogP contribution in [0.5, 0.6) is 5.75 Å². The Morgan fingerprint density at radius 1 is 1.26 bits per heavy atom. The van der Waals surface area contributed by atoms with Gasteiger partial charge in [0.15, 0.2) is 5.01 Å². The highest BCUT2D eigenvalue weighted by Crippen LogP contribution is 2.20. The van der Waals surface area contributed by atoms with Crippen molar-refractivity contribution in [1.29, 1.82) is 0 Å². The molecule has 96 valence electrons. The van der Waals surface area contributed by atoms with E-state index in [1.807, 2.05) is 0 Å². The van der Waals surface area contributed by atoms with Crippen molar-refractivity contribution in [2.45, 2.75) is 6.61 Å². The molecule has 3 aromatic rings. The van der Waals surface area contributed by atoms with E-state index in [0.717, 1.165) is 16.7 Å². The van der Waals surface area contributed by atoms with Gasteiger partial charge in [-0.15, -0.1) is 0 Å². The van der Waals surface area contributed by atoms with E-state index in [9.17, 15) is 9.59 Å². The second-order valence-electron chi connectivity index (χ2n) is 3.75. The summed E-state index contributed by atoms with van der Waals surface area (Å²) >= 11 is 0.992. The molecule has 1 N–H and O–H groups in total. The number of benzene rings is 1. The minimum Gasteiger partial charge on any atom is -0.486 e. The van der Waals surface area contributed by atoms with Crippen LogP contribution in [0, 0.1) is 0 Å². The van der Waals surface area contributed by atoms with Crippen molar-refractivity contribution in [3.05, 3.63) is 55.4 Å². The molecule has 0 unspecified atom stereocenters. The van der Waals surface area contributed by atoms with Crippen molar-refractivity contribution in [2.75, 3.05) is 0 Å². The molecule has 0 saturated heterocycles. The van der Waals surface area contributed by atoms with Crippen molar-refractivity contribution in [3.8, 4) is 5.75 Å². The number of H-pyrrole nitrogens is 1. The zero-order valence-corrected chi connectivity index (χ0v) is 10.4. The first-order valence-corrected chi connectivity index (χ1v) is 6.23. The molecule has 6 nitrogen and oxygen atoms in total. The van der Waals surface area contributed by atoms with Crippen LogP contribution >= 0.6 is 11.3 Å². The molecular weight excluding hydrogens is 268 g/mol. The van der Waals surface area contributed by atoms with Crippen molar-refractivity contribution < 1.29 is 9.15 Å². The van der Waals surface area contributed by atoms with Gasteiger partial charge < -0.3 is 9.15 Å². The van der Waals surface area contributed by atoms with Crippen LogP contribution in [0.2, 0.25) is 0 Å². The number of hydrogen-bond acceptors (Lipinski definition) is 6. The van der Waals surface area contributed by atoms with E-state index in [1.165, 1.54) is 6.07 Å². The van der Waals surface area contributed by atoms with Gasteiger partial charge in [0.2, 0.25) is 0 Å². The van der Waals surface area contributed by atoms with E-state index in [-0.39, 0.29) is 11.5 Å². The number of aromatic amines is 1. The highest BCUT2D eigenvalue weighted by atomic mass is 32.1. The Morgan fingerprint density at radius 3 is 2.89 bits per heavy atom. The Labute approximate surface area is 110 Å². The maximum absolute atomic E-state index is 11.1. The summed E-state index contributed by atoms with van der Waals surface area (Å²) in [5, 5.41) is 7.48. The fraction of sp³-hybridized carbons (Fsp3) is 0.0833. The second-order valence-corrected chi connectivity index (χ2v) is 4.80. The standard InChI is InChI=1S/C12H8N2O4S/c15-11-4-2-7-1-3-8(5-9(7)18-11)17-6-10-13-14-12(16)19-10/h1-5H,6H2,(H,14,16). The van der Waals surface area contributed by atoms with E-state index in [0.29, 0.717) is 16.3 Å². The largest absolute Gasteiger partial charge is 0.486 e. The molecule has 2 aromatic heterocycles. The smallest absolute Gasteiger partial charge is 0.336 e. The minimum absolute atomic E-state index is 0.186. The average Bonchev–Trinajstić information content (AvgIpc) is 2.81. The fourth-order valence-corrected chi connectivity index (χ4v) is 2.11. The SMILES string of the molecule is O=c1ccc2ccc(OCc3n[nH]c(=O)s3)cc2o1. The van der Waals surface area contributed by atoms with Gasteiger partial charge in [0.05, 0.1) is 0 Å². The summed E-state index contributed by atoms with van der Waals surface area (Å²) in [5.74, 6) is 0.546. The minimum atomic E-state index is -0.407. The molecule has 2 heterocycles. The lowest BCUT2D eigenvalue weighted by Gasteiger charge is -2.04. The quantitative estimate of drug-likeness (QED) is 0.733. The molecule has 1 aromatic carbocycles. The molecule has 0 radical (unpaired) electrons. The van der Waals surface area contributed by atoms with Crippen LogP contribution in [-0.4, -0.2) is 10.2 Å². The Balaban J connectivity index is 1.85. The van der Waals surface area contributed by atoms with E-state index in [4.69, 9.17) is 9.15 Å². The first-order chi connectivity index (χ1) is 9.20. The molecule has 0 atom stereocenters.